The van der Waals surface area contributed by atoms with Crippen molar-refractivity contribution in [2.45, 2.75) is 26.4 Å². The van der Waals surface area contributed by atoms with Gasteiger partial charge >= 0.3 is 5.97 Å². The first-order valence-electron chi connectivity index (χ1n) is 5.00. The number of hydrogen-bond donors (Lipinski definition) is 3. The standard InChI is InChI=1S/C8H18N2O5S/c1-3-10(4-2)16(14,15)9-6-5-7(11)8(12)13/h7,9,11H,3-6H2,1-2H3,(H,12,13). The molecule has 0 aliphatic carbocycles. The molecule has 0 fully saturated rings. The Kier molecular flexibility index (Phi) is 6.49. The molecular weight excluding hydrogens is 236 g/mol. The van der Waals surface area contributed by atoms with Crippen molar-refractivity contribution < 1.29 is 23.4 Å². The molecule has 0 saturated heterocycles. The molecule has 0 spiro atoms. The van der Waals surface area contributed by atoms with Crippen molar-refractivity contribution in [1.29, 1.82) is 0 Å². The van der Waals surface area contributed by atoms with Gasteiger partial charge in [-0.05, 0) is 6.42 Å². The van der Waals surface area contributed by atoms with Crippen LogP contribution in [0.1, 0.15) is 20.3 Å². The monoisotopic (exact) mass is 254 g/mol. The summed E-state index contributed by atoms with van der Waals surface area (Å²) in [5.74, 6) is -1.36. The van der Waals surface area contributed by atoms with Gasteiger partial charge in [-0.3, -0.25) is 0 Å². The third-order valence-electron chi connectivity index (χ3n) is 2.03. The molecule has 1 unspecified atom stereocenters. The van der Waals surface area contributed by atoms with Crippen LogP contribution in [-0.4, -0.2) is 54.6 Å². The van der Waals surface area contributed by atoms with Crippen molar-refractivity contribution >= 4 is 16.2 Å². The highest BCUT2D eigenvalue weighted by molar-refractivity contribution is 7.87. The molecule has 0 amide bonds. The highest BCUT2D eigenvalue weighted by atomic mass is 32.2. The van der Waals surface area contributed by atoms with Gasteiger partial charge in [-0.2, -0.15) is 12.7 Å². The van der Waals surface area contributed by atoms with E-state index < -0.39 is 22.3 Å². The zero-order valence-electron chi connectivity index (χ0n) is 9.38. The lowest BCUT2D eigenvalue weighted by Gasteiger charge is -2.18. The molecule has 0 aliphatic heterocycles. The molecule has 0 aliphatic rings. The van der Waals surface area contributed by atoms with Crippen LogP contribution in [0.15, 0.2) is 0 Å². The number of aliphatic hydroxyl groups is 1. The summed E-state index contributed by atoms with van der Waals surface area (Å²) < 4.78 is 26.5. The second-order valence-corrected chi connectivity index (χ2v) is 4.88. The van der Waals surface area contributed by atoms with Crippen LogP contribution in [0.25, 0.3) is 0 Å². The van der Waals surface area contributed by atoms with Crippen molar-refractivity contribution in [2.75, 3.05) is 19.6 Å². The quantitative estimate of drug-likeness (QED) is 0.515. The highest BCUT2D eigenvalue weighted by Crippen LogP contribution is 1.97. The number of carboxylic acids is 1. The van der Waals surface area contributed by atoms with E-state index in [4.69, 9.17) is 10.2 Å². The Hall–Kier alpha value is -0.700. The maximum absolute atomic E-state index is 11.5. The molecule has 0 rings (SSSR count). The molecule has 0 aromatic rings. The largest absolute Gasteiger partial charge is 0.479 e. The molecule has 0 saturated carbocycles. The number of rotatable bonds is 8. The van der Waals surface area contributed by atoms with E-state index in [2.05, 4.69) is 4.72 Å². The van der Waals surface area contributed by atoms with E-state index >= 15 is 0 Å². The van der Waals surface area contributed by atoms with E-state index in [1.807, 2.05) is 0 Å². The van der Waals surface area contributed by atoms with E-state index in [9.17, 15) is 13.2 Å². The molecule has 96 valence electrons. The summed E-state index contributed by atoms with van der Waals surface area (Å²) >= 11 is 0. The number of aliphatic carboxylic acids is 1. The van der Waals surface area contributed by atoms with Crippen molar-refractivity contribution in [3.8, 4) is 0 Å². The van der Waals surface area contributed by atoms with Crippen LogP contribution in [-0.2, 0) is 15.0 Å². The number of carboxylic acid groups (broad SMARTS) is 1. The normalized spacial score (nSPS) is 14.0. The maximum Gasteiger partial charge on any atom is 0.332 e. The van der Waals surface area contributed by atoms with Crippen LogP contribution in [0, 0.1) is 0 Å². The number of nitrogens with one attached hydrogen (secondary N) is 1. The average Bonchev–Trinajstić information content (AvgIpc) is 2.18. The molecule has 1 atom stereocenters. The Balaban J connectivity index is 4.15. The lowest BCUT2D eigenvalue weighted by atomic mass is 10.3. The number of carbonyl (C=O) groups is 1. The molecule has 0 aromatic carbocycles. The molecule has 0 radical (unpaired) electrons. The first-order chi connectivity index (χ1) is 7.35. The first kappa shape index (κ1) is 15.3. The minimum absolute atomic E-state index is 0.105. The lowest BCUT2D eigenvalue weighted by Crippen LogP contribution is -2.41. The predicted molar refractivity (Wildman–Crippen MR) is 58.1 cm³/mol. The second-order valence-electron chi connectivity index (χ2n) is 3.13. The van der Waals surface area contributed by atoms with Gasteiger partial charge in [-0.15, -0.1) is 0 Å². The summed E-state index contributed by atoms with van der Waals surface area (Å²) in [5.41, 5.74) is 0. The molecular formula is C8H18N2O5S. The Bertz CT molecular complexity index is 312. The molecule has 8 heteroatoms. The second kappa shape index (κ2) is 6.79. The van der Waals surface area contributed by atoms with Crippen LogP contribution < -0.4 is 4.72 Å². The minimum atomic E-state index is -3.56. The van der Waals surface area contributed by atoms with Crippen LogP contribution in [0.4, 0.5) is 0 Å². The van der Waals surface area contributed by atoms with Gasteiger partial charge < -0.3 is 10.2 Å². The summed E-state index contributed by atoms with van der Waals surface area (Å²) in [6, 6.07) is 0. The molecule has 16 heavy (non-hydrogen) atoms. The van der Waals surface area contributed by atoms with Crippen LogP contribution in [0.5, 0.6) is 0 Å². The molecule has 3 N–H and O–H groups in total. The van der Waals surface area contributed by atoms with Gasteiger partial charge in [-0.25, -0.2) is 9.52 Å². The predicted octanol–water partition coefficient (Wildman–Crippen LogP) is -1.00. The topological polar surface area (TPSA) is 107 Å². The zero-order valence-corrected chi connectivity index (χ0v) is 10.2. The fraction of sp³-hybridized carbons (Fsp3) is 0.875. The fourth-order valence-electron chi connectivity index (χ4n) is 1.10. The third-order valence-corrected chi connectivity index (χ3v) is 3.80. The van der Waals surface area contributed by atoms with Crippen molar-refractivity contribution in [1.82, 2.24) is 9.03 Å². The highest BCUT2D eigenvalue weighted by Gasteiger charge is 2.19. The third kappa shape index (κ3) is 4.88. The van der Waals surface area contributed by atoms with Gasteiger partial charge in [0.2, 0.25) is 0 Å². The van der Waals surface area contributed by atoms with Gasteiger partial charge in [-0.1, -0.05) is 13.8 Å². The summed E-state index contributed by atoms with van der Waals surface area (Å²) in [6.07, 6.45) is -1.70. The molecule has 0 heterocycles. The van der Waals surface area contributed by atoms with Crippen LogP contribution in [0.3, 0.4) is 0 Å². The van der Waals surface area contributed by atoms with Gasteiger partial charge in [0, 0.05) is 19.6 Å². The molecule has 7 nitrogen and oxygen atoms in total. The van der Waals surface area contributed by atoms with Crippen LogP contribution in [0.2, 0.25) is 0 Å². The number of aliphatic hydroxyl groups excluding tert-OH is 1. The van der Waals surface area contributed by atoms with Gasteiger partial charge in [0.05, 0.1) is 0 Å². The number of hydrogen-bond acceptors (Lipinski definition) is 4. The Morgan fingerprint density at radius 3 is 2.25 bits per heavy atom. The van der Waals surface area contributed by atoms with E-state index in [1.165, 1.54) is 4.31 Å². The summed E-state index contributed by atoms with van der Waals surface area (Å²) in [5, 5.41) is 17.3. The lowest BCUT2D eigenvalue weighted by molar-refractivity contribution is -0.146. The van der Waals surface area contributed by atoms with Gasteiger partial charge in [0.1, 0.15) is 0 Å². The van der Waals surface area contributed by atoms with Gasteiger partial charge in [0.15, 0.2) is 6.10 Å². The Labute approximate surface area is 95.2 Å². The Morgan fingerprint density at radius 1 is 1.38 bits per heavy atom. The van der Waals surface area contributed by atoms with E-state index in [1.54, 1.807) is 13.8 Å². The van der Waals surface area contributed by atoms with E-state index in [0.29, 0.717) is 13.1 Å². The zero-order chi connectivity index (χ0) is 12.8. The maximum atomic E-state index is 11.5. The average molecular weight is 254 g/mol. The van der Waals surface area contributed by atoms with Crippen LogP contribution >= 0.6 is 0 Å². The molecule has 0 aromatic heterocycles. The smallest absolute Gasteiger partial charge is 0.332 e. The van der Waals surface area contributed by atoms with Gasteiger partial charge in [0.25, 0.3) is 10.2 Å². The fourth-order valence-corrected chi connectivity index (χ4v) is 2.34. The summed E-state index contributed by atoms with van der Waals surface area (Å²) in [7, 11) is -3.56. The van der Waals surface area contributed by atoms with Crippen molar-refractivity contribution in [3.05, 3.63) is 0 Å². The summed E-state index contributed by atoms with van der Waals surface area (Å²) in [6.45, 7) is 3.98. The van der Waals surface area contributed by atoms with Crippen molar-refractivity contribution in [3.63, 3.8) is 0 Å². The minimum Gasteiger partial charge on any atom is -0.479 e. The summed E-state index contributed by atoms with van der Waals surface area (Å²) in [4.78, 5) is 10.3. The number of nitrogens with zero attached hydrogens (tertiary/aromatic N) is 1. The SMILES string of the molecule is CCN(CC)S(=O)(=O)NCCC(O)C(=O)O. The van der Waals surface area contributed by atoms with Crippen molar-refractivity contribution in [2.24, 2.45) is 0 Å². The van der Waals surface area contributed by atoms with E-state index in [-0.39, 0.29) is 13.0 Å². The van der Waals surface area contributed by atoms with E-state index in [0.717, 1.165) is 0 Å². The molecule has 0 bridgehead atoms. The first-order valence-corrected chi connectivity index (χ1v) is 6.44. The Morgan fingerprint density at radius 2 is 1.88 bits per heavy atom.